The number of benzene rings is 2. The van der Waals surface area contributed by atoms with E-state index in [2.05, 4.69) is 0 Å². The van der Waals surface area contributed by atoms with Crippen molar-refractivity contribution in [3.63, 3.8) is 0 Å². The van der Waals surface area contributed by atoms with Gasteiger partial charge in [0, 0.05) is 41.4 Å². The smallest absolute Gasteiger partial charge is 0.308 e. The minimum Gasteiger partial charge on any atom is -0.425 e. The Balaban J connectivity index is 2.56. The molecule has 8 heteroatoms. The zero-order valence-corrected chi connectivity index (χ0v) is 16.2. The van der Waals surface area contributed by atoms with Crippen LogP contribution in [0.3, 0.4) is 0 Å². The first-order chi connectivity index (χ1) is 11.7. The van der Waals surface area contributed by atoms with Crippen molar-refractivity contribution >= 4 is 58.3 Å². The largest absolute Gasteiger partial charge is 0.425 e. The normalized spacial score (nSPS) is 10.5. The molecule has 0 saturated carbocycles. The van der Waals surface area contributed by atoms with E-state index in [0.717, 1.165) is 0 Å². The van der Waals surface area contributed by atoms with Crippen LogP contribution in [0.25, 0.3) is 0 Å². The van der Waals surface area contributed by atoms with E-state index >= 15 is 0 Å². The van der Waals surface area contributed by atoms with E-state index in [0.29, 0.717) is 21.2 Å². The molecule has 0 radical (unpaired) electrons. The maximum absolute atomic E-state index is 11.4. The molecule has 0 heterocycles. The third-order valence-electron chi connectivity index (χ3n) is 3.04. The van der Waals surface area contributed by atoms with Gasteiger partial charge in [-0.2, -0.15) is 0 Å². The zero-order chi connectivity index (χ0) is 18.7. The molecule has 0 fully saturated rings. The van der Waals surface area contributed by atoms with Gasteiger partial charge < -0.3 is 9.47 Å². The summed E-state index contributed by atoms with van der Waals surface area (Å²) in [6, 6.07) is 6.11. The van der Waals surface area contributed by atoms with Gasteiger partial charge >= 0.3 is 11.9 Å². The summed E-state index contributed by atoms with van der Waals surface area (Å²) in [7, 11) is 0. The van der Waals surface area contributed by atoms with Crippen molar-refractivity contribution in [2.24, 2.45) is 0 Å². The topological polar surface area (TPSA) is 52.6 Å². The number of carbonyl (C=O) groups is 2. The molecule has 0 aromatic heterocycles. The third kappa shape index (κ3) is 5.25. The van der Waals surface area contributed by atoms with Crippen molar-refractivity contribution in [2.75, 3.05) is 0 Å². The molecule has 0 bridgehead atoms. The Morgan fingerprint density at radius 3 is 1.44 bits per heavy atom. The highest BCUT2D eigenvalue weighted by Gasteiger charge is 2.18. The van der Waals surface area contributed by atoms with E-state index in [1.165, 1.54) is 26.0 Å². The summed E-state index contributed by atoms with van der Waals surface area (Å²) in [5.41, 5.74) is 1.03. The predicted octanol–water partition coefficient (Wildman–Crippen LogP) is 5.74. The number of carbonyl (C=O) groups excluding carboxylic acids is 2. The molecule has 0 atom stereocenters. The van der Waals surface area contributed by atoms with Gasteiger partial charge in [-0.1, -0.05) is 46.4 Å². The number of halogens is 4. The number of hydrogen-bond donors (Lipinski definition) is 0. The molecule has 2 rings (SSSR count). The van der Waals surface area contributed by atoms with E-state index < -0.39 is 11.9 Å². The molecule has 0 aliphatic rings. The van der Waals surface area contributed by atoms with Gasteiger partial charge in [0.2, 0.25) is 0 Å². The number of hydrogen-bond acceptors (Lipinski definition) is 4. The number of esters is 2. The zero-order valence-electron chi connectivity index (χ0n) is 13.2. The van der Waals surface area contributed by atoms with Crippen molar-refractivity contribution in [3.8, 4) is 11.5 Å². The first-order valence-electron chi connectivity index (χ1n) is 7.00. The number of rotatable bonds is 4. The molecule has 132 valence electrons. The molecule has 0 saturated heterocycles. The van der Waals surface area contributed by atoms with E-state index in [1.54, 1.807) is 12.1 Å². The Bertz CT molecular complexity index is 780. The van der Waals surface area contributed by atoms with E-state index in [9.17, 15) is 9.59 Å². The number of ether oxygens (including phenoxy) is 2. The van der Waals surface area contributed by atoms with Crippen molar-refractivity contribution in [1.82, 2.24) is 0 Å². The summed E-state index contributed by atoms with van der Waals surface area (Å²) in [6.07, 6.45) is 0.172. The van der Waals surface area contributed by atoms with Gasteiger partial charge in [-0.25, -0.2) is 0 Å². The summed E-state index contributed by atoms with van der Waals surface area (Å²) >= 11 is 24.4. The lowest BCUT2D eigenvalue weighted by Crippen LogP contribution is -2.07. The highest BCUT2D eigenvalue weighted by Crippen LogP contribution is 2.38. The second-order valence-corrected chi connectivity index (χ2v) is 6.80. The van der Waals surface area contributed by atoms with Gasteiger partial charge in [-0.15, -0.1) is 0 Å². The van der Waals surface area contributed by atoms with Gasteiger partial charge in [-0.05, 0) is 24.3 Å². The molecule has 2 aromatic carbocycles. The van der Waals surface area contributed by atoms with Crippen molar-refractivity contribution < 1.29 is 19.1 Å². The Morgan fingerprint density at radius 1 is 0.760 bits per heavy atom. The lowest BCUT2D eigenvalue weighted by molar-refractivity contribution is -0.132. The van der Waals surface area contributed by atoms with Crippen molar-refractivity contribution in [1.29, 1.82) is 0 Å². The van der Waals surface area contributed by atoms with Crippen LogP contribution < -0.4 is 9.47 Å². The van der Waals surface area contributed by atoms with Gasteiger partial charge in [0.05, 0.1) is 10.0 Å². The average Bonchev–Trinajstić information content (AvgIpc) is 2.45. The van der Waals surface area contributed by atoms with E-state index in [4.69, 9.17) is 55.9 Å². The fraction of sp³-hybridized carbons (Fsp3) is 0.176. The summed E-state index contributed by atoms with van der Waals surface area (Å²) in [5, 5.41) is 1.08. The molecule has 4 nitrogen and oxygen atoms in total. The van der Waals surface area contributed by atoms with Gasteiger partial charge in [-0.3, -0.25) is 9.59 Å². The highest BCUT2D eigenvalue weighted by molar-refractivity contribution is 6.36. The van der Waals surface area contributed by atoms with E-state index in [-0.39, 0.29) is 28.0 Å². The second-order valence-electron chi connectivity index (χ2n) is 5.12. The van der Waals surface area contributed by atoms with Gasteiger partial charge in [0.25, 0.3) is 0 Å². The molecule has 0 unspecified atom stereocenters. The third-order valence-corrected chi connectivity index (χ3v) is 4.04. The average molecular weight is 422 g/mol. The summed E-state index contributed by atoms with van der Waals surface area (Å²) in [6.45, 7) is 2.52. The monoisotopic (exact) mass is 420 g/mol. The lowest BCUT2D eigenvalue weighted by atomic mass is 10.0. The minimum absolute atomic E-state index is 0.170. The molecule has 0 spiro atoms. The SMILES string of the molecule is CC(=O)Oc1c(Cl)cc(Cl)cc1Cc1cc(Cl)cc(Cl)c1OC(C)=O. The molecule has 0 aliphatic heterocycles. The summed E-state index contributed by atoms with van der Waals surface area (Å²) < 4.78 is 10.4. The molecular formula is C17H12Cl4O4. The molecular weight excluding hydrogens is 410 g/mol. The van der Waals surface area contributed by atoms with E-state index in [1.807, 2.05) is 0 Å². The Kier molecular flexibility index (Phi) is 6.58. The van der Waals surface area contributed by atoms with Crippen LogP contribution in [0.2, 0.25) is 20.1 Å². The molecule has 2 aromatic rings. The summed E-state index contributed by atoms with van der Waals surface area (Å²) in [4.78, 5) is 22.7. The van der Waals surface area contributed by atoms with Crippen LogP contribution in [-0.2, 0) is 16.0 Å². The predicted molar refractivity (Wildman–Crippen MR) is 98.3 cm³/mol. The quantitative estimate of drug-likeness (QED) is 0.466. The lowest BCUT2D eigenvalue weighted by Gasteiger charge is -2.15. The second kappa shape index (κ2) is 8.28. The minimum atomic E-state index is -0.533. The Labute approximate surface area is 164 Å². The van der Waals surface area contributed by atoms with Crippen LogP contribution in [-0.4, -0.2) is 11.9 Å². The molecule has 0 amide bonds. The van der Waals surface area contributed by atoms with Crippen LogP contribution >= 0.6 is 46.4 Å². The standard InChI is InChI=1S/C17H12Cl4O4/c1-8(22)24-16-10(4-12(18)6-14(16)20)3-11-5-13(19)7-15(21)17(11)25-9(2)23/h4-7H,3H2,1-2H3. The van der Waals surface area contributed by atoms with Gasteiger partial charge in [0.1, 0.15) is 0 Å². The fourth-order valence-electron chi connectivity index (χ4n) is 2.21. The Hall–Kier alpha value is -1.46. The maximum atomic E-state index is 11.4. The molecule has 25 heavy (non-hydrogen) atoms. The van der Waals surface area contributed by atoms with Gasteiger partial charge in [0.15, 0.2) is 11.5 Å². The van der Waals surface area contributed by atoms with Crippen LogP contribution in [0.1, 0.15) is 25.0 Å². The first kappa shape index (κ1) is 19.9. The van der Waals surface area contributed by atoms with Crippen LogP contribution in [0, 0.1) is 0 Å². The summed E-state index contributed by atoms with van der Waals surface area (Å²) in [5.74, 6) is -0.725. The maximum Gasteiger partial charge on any atom is 0.308 e. The first-order valence-corrected chi connectivity index (χ1v) is 8.51. The highest BCUT2D eigenvalue weighted by atomic mass is 35.5. The van der Waals surface area contributed by atoms with Crippen LogP contribution in [0.5, 0.6) is 11.5 Å². The fourth-order valence-corrected chi connectivity index (χ4v) is 3.36. The van der Waals surface area contributed by atoms with Crippen molar-refractivity contribution in [3.05, 3.63) is 55.5 Å². The molecule has 0 aliphatic carbocycles. The van der Waals surface area contributed by atoms with Crippen molar-refractivity contribution in [2.45, 2.75) is 20.3 Å². The van der Waals surface area contributed by atoms with Crippen LogP contribution in [0.15, 0.2) is 24.3 Å². The molecule has 0 N–H and O–H groups in total. The van der Waals surface area contributed by atoms with Crippen LogP contribution in [0.4, 0.5) is 0 Å². The Morgan fingerprint density at radius 2 is 1.12 bits per heavy atom.